The standard InChI is InChI=1S/C20H20N2O6S2/c23-17-7-3-1-5-13(17)9-21-15(19(25)26)11-29-30-12-16(20(27)28)22-10-14-6-2-4-8-18(14)24/h1-10,15-16,23-24H,11-12H2,(H,25,26)(H,27,28)/b21-9+,22-10+. The Balaban J connectivity index is 1.89. The van der Waals surface area contributed by atoms with Crippen molar-refractivity contribution in [3.05, 3.63) is 59.7 Å². The fraction of sp³-hybridized carbons (Fsp3) is 0.200. The van der Waals surface area contributed by atoms with Gasteiger partial charge in [0.1, 0.15) is 11.5 Å². The second-order valence-electron chi connectivity index (χ2n) is 5.95. The molecule has 0 bridgehead atoms. The summed E-state index contributed by atoms with van der Waals surface area (Å²) in [5.41, 5.74) is 0.816. The van der Waals surface area contributed by atoms with E-state index < -0.39 is 24.0 Å². The number of benzene rings is 2. The summed E-state index contributed by atoms with van der Waals surface area (Å²) in [6.45, 7) is 0. The Morgan fingerprint density at radius 1 is 0.767 bits per heavy atom. The number of carboxylic acid groups (broad SMARTS) is 2. The van der Waals surface area contributed by atoms with Crippen LogP contribution in [0.15, 0.2) is 58.5 Å². The number of hydrogen-bond donors (Lipinski definition) is 4. The van der Waals surface area contributed by atoms with Crippen LogP contribution in [0, 0.1) is 0 Å². The highest BCUT2D eigenvalue weighted by Crippen LogP contribution is 2.25. The highest BCUT2D eigenvalue weighted by Gasteiger charge is 2.19. The number of aromatic hydroxyl groups is 2. The normalized spacial score (nSPS) is 13.5. The molecule has 2 rings (SSSR count). The summed E-state index contributed by atoms with van der Waals surface area (Å²) in [5, 5.41) is 38.0. The molecule has 0 saturated heterocycles. The van der Waals surface area contributed by atoms with Gasteiger partial charge in [0, 0.05) is 35.1 Å². The largest absolute Gasteiger partial charge is 0.507 e. The Labute approximate surface area is 180 Å². The molecular formula is C20H20N2O6S2. The minimum absolute atomic E-state index is 0.000897. The predicted molar refractivity (Wildman–Crippen MR) is 119 cm³/mol. The zero-order valence-corrected chi connectivity index (χ0v) is 17.3. The van der Waals surface area contributed by atoms with Gasteiger partial charge in [-0.15, -0.1) is 0 Å². The molecule has 0 saturated carbocycles. The highest BCUT2D eigenvalue weighted by atomic mass is 33.1. The first kappa shape index (κ1) is 23.3. The fourth-order valence-corrected chi connectivity index (χ4v) is 4.37. The molecule has 2 atom stereocenters. The Morgan fingerprint density at radius 3 is 1.47 bits per heavy atom. The first-order chi connectivity index (χ1) is 14.4. The van der Waals surface area contributed by atoms with Gasteiger partial charge in [-0.1, -0.05) is 45.9 Å². The molecule has 0 amide bonds. The number of phenols is 2. The van der Waals surface area contributed by atoms with Gasteiger partial charge in [0.25, 0.3) is 0 Å². The van der Waals surface area contributed by atoms with E-state index in [9.17, 15) is 30.0 Å². The number of rotatable bonds is 11. The summed E-state index contributed by atoms with van der Waals surface area (Å²) in [7, 11) is 2.35. The zero-order chi connectivity index (χ0) is 21.9. The lowest BCUT2D eigenvalue weighted by Gasteiger charge is -2.09. The van der Waals surface area contributed by atoms with Crippen LogP contribution in [0.5, 0.6) is 11.5 Å². The number of carbonyl (C=O) groups is 2. The summed E-state index contributed by atoms with van der Waals surface area (Å²) in [6, 6.07) is 10.8. The molecule has 0 aliphatic rings. The molecule has 0 aliphatic carbocycles. The minimum atomic E-state index is -1.12. The van der Waals surface area contributed by atoms with Crippen molar-refractivity contribution in [3.8, 4) is 11.5 Å². The molecule has 4 N–H and O–H groups in total. The lowest BCUT2D eigenvalue weighted by molar-refractivity contribution is -0.138. The van der Waals surface area contributed by atoms with E-state index in [1.165, 1.54) is 46.1 Å². The highest BCUT2D eigenvalue weighted by molar-refractivity contribution is 8.76. The summed E-state index contributed by atoms with van der Waals surface area (Å²) in [4.78, 5) is 30.8. The number of hydrogen-bond acceptors (Lipinski definition) is 8. The third kappa shape index (κ3) is 7.45. The second kappa shape index (κ2) is 11.9. The summed E-state index contributed by atoms with van der Waals surface area (Å²) in [5.74, 6) is -2.03. The Hall–Kier alpha value is -2.98. The number of nitrogens with zero attached hydrogens (tertiary/aromatic N) is 2. The maximum Gasteiger partial charge on any atom is 0.329 e. The van der Waals surface area contributed by atoms with Crippen LogP contribution >= 0.6 is 21.6 Å². The van der Waals surface area contributed by atoms with E-state index in [1.807, 2.05) is 0 Å². The quantitative estimate of drug-likeness (QED) is 0.234. The molecule has 2 aromatic carbocycles. The molecule has 0 aromatic heterocycles. The van der Waals surface area contributed by atoms with Gasteiger partial charge < -0.3 is 20.4 Å². The summed E-state index contributed by atoms with van der Waals surface area (Å²) in [6.07, 6.45) is 2.60. The van der Waals surface area contributed by atoms with Crippen LogP contribution in [0.25, 0.3) is 0 Å². The topological polar surface area (TPSA) is 140 Å². The van der Waals surface area contributed by atoms with Crippen LogP contribution in [-0.2, 0) is 9.59 Å². The summed E-state index contributed by atoms with van der Waals surface area (Å²) < 4.78 is 0. The third-order valence-electron chi connectivity index (χ3n) is 3.77. The second-order valence-corrected chi connectivity index (χ2v) is 8.50. The molecule has 0 heterocycles. The summed E-state index contributed by atoms with van der Waals surface area (Å²) >= 11 is 0. The molecule has 10 heteroatoms. The fourth-order valence-electron chi connectivity index (χ4n) is 2.12. The van der Waals surface area contributed by atoms with Gasteiger partial charge in [-0.25, -0.2) is 9.59 Å². The van der Waals surface area contributed by atoms with Crippen LogP contribution in [0.4, 0.5) is 0 Å². The predicted octanol–water partition coefficient (Wildman–Crippen LogP) is 2.92. The van der Waals surface area contributed by atoms with E-state index in [2.05, 4.69) is 9.98 Å². The van der Waals surface area contributed by atoms with Crippen molar-refractivity contribution in [2.45, 2.75) is 12.1 Å². The van der Waals surface area contributed by atoms with Crippen molar-refractivity contribution in [2.24, 2.45) is 9.98 Å². The third-order valence-corrected chi connectivity index (χ3v) is 6.15. The van der Waals surface area contributed by atoms with Crippen LogP contribution in [0.2, 0.25) is 0 Å². The SMILES string of the molecule is O=C(O)C(CSSCC(/N=C/c1ccccc1O)C(=O)O)/N=C/c1ccccc1O. The number of aliphatic imine (C=N–C) groups is 2. The Kier molecular flexibility index (Phi) is 9.23. The monoisotopic (exact) mass is 448 g/mol. The van der Waals surface area contributed by atoms with Crippen molar-refractivity contribution in [3.63, 3.8) is 0 Å². The molecule has 2 unspecified atom stereocenters. The molecule has 0 radical (unpaired) electrons. The van der Waals surface area contributed by atoms with Gasteiger partial charge in [0.15, 0.2) is 12.1 Å². The molecule has 30 heavy (non-hydrogen) atoms. The first-order valence-corrected chi connectivity index (χ1v) is 11.2. The first-order valence-electron chi connectivity index (χ1n) is 8.71. The van der Waals surface area contributed by atoms with Gasteiger partial charge in [0.05, 0.1) is 0 Å². The molecule has 158 valence electrons. The van der Waals surface area contributed by atoms with E-state index >= 15 is 0 Å². The van der Waals surface area contributed by atoms with Crippen molar-refractivity contribution in [2.75, 3.05) is 11.5 Å². The maximum absolute atomic E-state index is 11.4. The van der Waals surface area contributed by atoms with E-state index in [1.54, 1.807) is 36.4 Å². The van der Waals surface area contributed by atoms with Crippen molar-refractivity contribution < 1.29 is 30.0 Å². The van der Waals surface area contributed by atoms with Crippen molar-refractivity contribution in [1.82, 2.24) is 0 Å². The van der Waals surface area contributed by atoms with Crippen molar-refractivity contribution in [1.29, 1.82) is 0 Å². The molecule has 0 aliphatic heterocycles. The average Bonchev–Trinajstić information content (AvgIpc) is 2.71. The van der Waals surface area contributed by atoms with Crippen molar-refractivity contribution >= 4 is 46.0 Å². The maximum atomic E-state index is 11.4. The Morgan fingerprint density at radius 2 is 1.13 bits per heavy atom. The molecule has 0 spiro atoms. The molecule has 0 fully saturated rings. The van der Waals surface area contributed by atoms with Crippen LogP contribution in [0.1, 0.15) is 11.1 Å². The number of carboxylic acids is 2. The lowest BCUT2D eigenvalue weighted by Crippen LogP contribution is -2.22. The average molecular weight is 449 g/mol. The van der Waals surface area contributed by atoms with Gasteiger partial charge >= 0.3 is 11.9 Å². The van der Waals surface area contributed by atoms with E-state index in [4.69, 9.17) is 0 Å². The van der Waals surface area contributed by atoms with Gasteiger partial charge in [-0.05, 0) is 24.3 Å². The smallest absolute Gasteiger partial charge is 0.329 e. The number of phenolic OH excluding ortho intramolecular Hbond substituents is 2. The Bertz CT molecular complexity index is 860. The molecule has 8 nitrogen and oxygen atoms in total. The van der Waals surface area contributed by atoms with Gasteiger partial charge in [-0.3, -0.25) is 9.98 Å². The van der Waals surface area contributed by atoms with E-state index in [0.29, 0.717) is 11.1 Å². The molecular weight excluding hydrogens is 428 g/mol. The molecule has 2 aromatic rings. The zero-order valence-electron chi connectivity index (χ0n) is 15.7. The van der Waals surface area contributed by atoms with Crippen LogP contribution in [-0.4, -0.2) is 68.4 Å². The van der Waals surface area contributed by atoms with Gasteiger partial charge in [0.2, 0.25) is 0 Å². The van der Waals surface area contributed by atoms with Gasteiger partial charge in [-0.2, -0.15) is 0 Å². The van der Waals surface area contributed by atoms with E-state index in [0.717, 1.165) is 0 Å². The minimum Gasteiger partial charge on any atom is -0.507 e. The van der Waals surface area contributed by atoms with Crippen LogP contribution in [0.3, 0.4) is 0 Å². The number of aliphatic carboxylic acids is 2. The van der Waals surface area contributed by atoms with Crippen LogP contribution < -0.4 is 0 Å². The lowest BCUT2D eigenvalue weighted by atomic mass is 10.2. The number of para-hydroxylation sites is 2. The van der Waals surface area contributed by atoms with E-state index in [-0.39, 0.29) is 23.0 Å².